The zero-order valence-electron chi connectivity index (χ0n) is 14.4. The van der Waals surface area contributed by atoms with Gasteiger partial charge in [0, 0.05) is 52.0 Å². The van der Waals surface area contributed by atoms with Crippen molar-refractivity contribution in [1.82, 2.24) is 14.9 Å². The van der Waals surface area contributed by atoms with Gasteiger partial charge in [0.25, 0.3) is 0 Å². The van der Waals surface area contributed by atoms with E-state index in [4.69, 9.17) is 4.98 Å². The van der Waals surface area contributed by atoms with Crippen LogP contribution in [0.25, 0.3) is 0 Å². The summed E-state index contributed by atoms with van der Waals surface area (Å²) in [5.74, 6) is 1.71. The van der Waals surface area contributed by atoms with Crippen molar-refractivity contribution in [2.45, 2.75) is 19.4 Å². The summed E-state index contributed by atoms with van der Waals surface area (Å²) in [5.41, 5.74) is 1.03. The molecule has 0 aliphatic carbocycles. The quantitative estimate of drug-likeness (QED) is 0.854. The second kappa shape index (κ2) is 7.35. The summed E-state index contributed by atoms with van der Waals surface area (Å²) in [6.07, 6.45) is 4.37. The van der Waals surface area contributed by atoms with Gasteiger partial charge in [0.2, 0.25) is 5.95 Å². The molecule has 4 rings (SSSR count). The number of aromatic nitrogens is 2. The molecule has 0 amide bonds. The first-order valence-electron chi connectivity index (χ1n) is 9.08. The van der Waals surface area contributed by atoms with E-state index in [1.54, 1.807) is 12.1 Å². The highest BCUT2D eigenvalue weighted by molar-refractivity contribution is 5.44. The van der Waals surface area contributed by atoms with Crippen LogP contribution in [0.3, 0.4) is 0 Å². The lowest BCUT2D eigenvalue weighted by Gasteiger charge is -2.35. The third-order valence-electron chi connectivity index (χ3n) is 5.01. The van der Waals surface area contributed by atoms with E-state index in [9.17, 15) is 4.39 Å². The Morgan fingerprint density at radius 3 is 2.48 bits per heavy atom. The van der Waals surface area contributed by atoms with Gasteiger partial charge in [-0.25, -0.2) is 9.37 Å². The predicted molar refractivity (Wildman–Crippen MR) is 97.4 cm³/mol. The van der Waals surface area contributed by atoms with Crippen molar-refractivity contribution < 1.29 is 4.39 Å². The first kappa shape index (κ1) is 16.3. The Bertz CT molecular complexity index is 708. The summed E-state index contributed by atoms with van der Waals surface area (Å²) in [7, 11) is 0. The van der Waals surface area contributed by atoms with E-state index in [1.165, 1.54) is 18.9 Å². The molecule has 0 saturated carbocycles. The first-order chi connectivity index (χ1) is 12.3. The van der Waals surface area contributed by atoms with E-state index in [0.717, 1.165) is 63.1 Å². The topological polar surface area (TPSA) is 35.5 Å². The van der Waals surface area contributed by atoms with Crippen molar-refractivity contribution in [1.29, 1.82) is 0 Å². The summed E-state index contributed by atoms with van der Waals surface area (Å²) < 4.78 is 13.3. The van der Waals surface area contributed by atoms with E-state index in [2.05, 4.69) is 19.7 Å². The Hall–Kier alpha value is -2.21. The van der Waals surface area contributed by atoms with Gasteiger partial charge in [0.1, 0.15) is 11.6 Å². The molecule has 0 radical (unpaired) electrons. The summed E-state index contributed by atoms with van der Waals surface area (Å²) >= 11 is 0. The second-order valence-corrected chi connectivity index (χ2v) is 6.80. The maximum Gasteiger partial charge on any atom is 0.227 e. The minimum Gasteiger partial charge on any atom is -0.356 e. The zero-order chi connectivity index (χ0) is 17.1. The number of hydrogen-bond acceptors (Lipinski definition) is 5. The number of hydrogen-bond donors (Lipinski definition) is 0. The summed E-state index contributed by atoms with van der Waals surface area (Å²) in [6.45, 7) is 6.66. The Kier molecular flexibility index (Phi) is 4.78. The highest BCUT2D eigenvalue weighted by Crippen LogP contribution is 2.20. The molecular weight excluding hydrogens is 317 g/mol. The van der Waals surface area contributed by atoms with Gasteiger partial charge < -0.3 is 9.80 Å². The molecule has 1 aromatic heterocycles. The van der Waals surface area contributed by atoms with Gasteiger partial charge in [-0.2, -0.15) is 4.98 Å². The molecule has 1 aromatic carbocycles. The lowest BCUT2D eigenvalue weighted by Crippen LogP contribution is -2.46. The lowest BCUT2D eigenvalue weighted by molar-refractivity contribution is 0.248. The first-order valence-corrected chi connectivity index (χ1v) is 9.08. The molecule has 3 heterocycles. The normalized spacial score (nSPS) is 18.8. The maximum atomic E-state index is 13.3. The SMILES string of the molecule is Fc1cccc(CN2CCN(c3nccc(N4CCCC4)n3)CC2)c1. The van der Waals surface area contributed by atoms with Crippen molar-refractivity contribution in [3.8, 4) is 0 Å². The highest BCUT2D eigenvalue weighted by Gasteiger charge is 2.21. The fourth-order valence-electron chi connectivity index (χ4n) is 3.61. The molecular formula is C19H24FN5. The van der Waals surface area contributed by atoms with E-state index >= 15 is 0 Å². The van der Waals surface area contributed by atoms with Gasteiger partial charge >= 0.3 is 0 Å². The van der Waals surface area contributed by atoms with Gasteiger partial charge in [-0.1, -0.05) is 12.1 Å². The van der Waals surface area contributed by atoms with Crippen LogP contribution in [0.2, 0.25) is 0 Å². The van der Waals surface area contributed by atoms with Crippen LogP contribution < -0.4 is 9.80 Å². The van der Waals surface area contributed by atoms with E-state index < -0.39 is 0 Å². The van der Waals surface area contributed by atoms with Crippen LogP contribution >= 0.6 is 0 Å². The third kappa shape index (κ3) is 3.90. The highest BCUT2D eigenvalue weighted by atomic mass is 19.1. The molecule has 2 fully saturated rings. The predicted octanol–water partition coefficient (Wildman–Crippen LogP) is 2.54. The number of nitrogens with zero attached hydrogens (tertiary/aromatic N) is 5. The third-order valence-corrected chi connectivity index (χ3v) is 5.01. The summed E-state index contributed by atoms with van der Waals surface area (Å²) in [6, 6.07) is 8.88. The fraction of sp³-hybridized carbons (Fsp3) is 0.474. The Balaban J connectivity index is 1.36. The molecule has 0 spiro atoms. The van der Waals surface area contributed by atoms with Crippen molar-refractivity contribution in [2.24, 2.45) is 0 Å². The van der Waals surface area contributed by atoms with Gasteiger partial charge in [0.05, 0.1) is 0 Å². The van der Waals surface area contributed by atoms with Crippen LogP contribution in [-0.2, 0) is 6.54 Å². The number of benzene rings is 1. The van der Waals surface area contributed by atoms with E-state index in [0.29, 0.717) is 0 Å². The van der Waals surface area contributed by atoms with E-state index in [1.807, 2.05) is 18.3 Å². The Morgan fingerprint density at radius 2 is 1.72 bits per heavy atom. The van der Waals surface area contributed by atoms with E-state index in [-0.39, 0.29) is 5.82 Å². The number of anilines is 2. The molecule has 2 aromatic rings. The van der Waals surface area contributed by atoms with Crippen molar-refractivity contribution in [3.05, 3.63) is 47.9 Å². The van der Waals surface area contributed by atoms with Gasteiger partial charge in [0.15, 0.2) is 0 Å². The van der Waals surface area contributed by atoms with Crippen LogP contribution in [0.5, 0.6) is 0 Å². The molecule has 2 saturated heterocycles. The Morgan fingerprint density at radius 1 is 0.920 bits per heavy atom. The molecule has 25 heavy (non-hydrogen) atoms. The molecule has 2 aliphatic heterocycles. The molecule has 0 atom stereocenters. The smallest absolute Gasteiger partial charge is 0.227 e. The molecule has 0 N–H and O–H groups in total. The minimum atomic E-state index is -0.164. The maximum absolute atomic E-state index is 13.3. The molecule has 2 aliphatic rings. The summed E-state index contributed by atoms with van der Waals surface area (Å²) in [4.78, 5) is 16.2. The van der Waals surface area contributed by atoms with Gasteiger partial charge in [-0.15, -0.1) is 0 Å². The van der Waals surface area contributed by atoms with Crippen LogP contribution in [0.15, 0.2) is 36.5 Å². The molecule has 132 valence electrons. The van der Waals surface area contributed by atoms with Crippen molar-refractivity contribution >= 4 is 11.8 Å². The van der Waals surface area contributed by atoms with Crippen molar-refractivity contribution in [3.63, 3.8) is 0 Å². The monoisotopic (exact) mass is 341 g/mol. The molecule has 6 heteroatoms. The van der Waals surface area contributed by atoms with Crippen molar-refractivity contribution in [2.75, 3.05) is 49.1 Å². The van der Waals surface area contributed by atoms with Crippen LogP contribution in [0, 0.1) is 5.82 Å². The largest absolute Gasteiger partial charge is 0.356 e. The second-order valence-electron chi connectivity index (χ2n) is 6.80. The average molecular weight is 341 g/mol. The Labute approximate surface area is 148 Å². The molecule has 0 bridgehead atoms. The number of piperazine rings is 1. The zero-order valence-corrected chi connectivity index (χ0v) is 14.4. The fourth-order valence-corrected chi connectivity index (χ4v) is 3.61. The molecule has 0 unspecified atom stereocenters. The lowest BCUT2D eigenvalue weighted by atomic mass is 10.2. The van der Waals surface area contributed by atoms with Crippen LogP contribution in [-0.4, -0.2) is 54.1 Å². The van der Waals surface area contributed by atoms with Gasteiger partial charge in [-0.05, 0) is 36.6 Å². The standard InChI is InChI=1S/C19H24FN5/c20-17-5-3-4-16(14-17)15-23-10-12-25(13-11-23)19-21-7-6-18(22-19)24-8-1-2-9-24/h3-7,14H,1-2,8-13,15H2. The minimum absolute atomic E-state index is 0.164. The van der Waals surface area contributed by atoms with Crippen LogP contribution in [0.1, 0.15) is 18.4 Å². The number of halogens is 1. The van der Waals surface area contributed by atoms with Gasteiger partial charge in [-0.3, -0.25) is 4.90 Å². The van der Waals surface area contributed by atoms with Crippen LogP contribution in [0.4, 0.5) is 16.2 Å². The summed E-state index contributed by atoms with van der Waals surface area (Å²) in [5, 5.41) is 0. The number of rotatable bonds is 4. The average Bonchev–Trinajstić information content (AvgIpc) is 3.17. The molecule has 5 nitrogen and oxygen atoms in total.